The van der Waals surface area contributed by atoms with Crippen LogP contribution in [0.2, 0.25) is 0 Å². The number of nitrogens with zero attached hydrogens (tertiary/aromatic N) is 2. The van der Waals surface area contributed by atoms with Gasteiger partial charge in [0.15, 0.2) is 0 Å². The Labute approximate surface area is 156 Å². The summed E-state index contributed by atoms with van der Waals surface area (Å²) in [6.07, 6.45) is 1.81. The minimum absolute atomic E-state index is 0.0463. The molecule has 5 nitrogen and oxygen atoms in total. The van der Waals surface area contributed by atoms with Gasteiger partial charge in [-0.05, 0) is 58.9 Å². The van der Waals surface area contributed by atoms with E-state index in [2.05, 4.69) is 4.72 Å². The van der Waals surface area contributed by atoms with Crippen molar-refractivity contribution < 1.29 is 4.21 Å². The Balaban J connectivity index is 2.63. The lowest BCUT2D eigenvalue weighted by molar-refractivity contribution is 0.616. The molecule has 0 saturated carbocycles. The van der Waals surface area contributed by atoms with Crippen LogP contribution >= 0.6 is 11.8 Å². The maximum absolute atomic E-state index is 12.8. The first-order valence-electron chi connectivity index (χ1n) is 8.40. The van der Waals surface area contributed by atoms with Crippen LogP contribution in [0.5, 0.6) is 0 Å². The first-order valence-corrected chi connectivity index (χ1v) is 10.5. The largest absolute Gasteiger partial charge is 0.269 e. The van der Waals surface area contributed by atoms with Crippen molar-refractivity contribution >= 4 is 28.4 Å². The SMILES string of the molecule is CCSc1nc2c([C@@H](C)N[S@](=O)C(C)(C)C)cc(C)cn2c(=O)c1C. The van der Waals surface area contributed by atoms with Gasteiger partial charge in [-0.2, -0.15) is 0 Å². The zero-order chi connectivity index (χ0) is 18.9. The van der Waals surface area contributed by atoms with Crippen molar-refractivity contribution in [3.8, 4) is 0 Å². The Morgan fingerprint density at radius 2 is 2.00 bits per heavy atom. The number of aryl methyl sites for hydroxylation is 1. The number of nitrogens with one attached hydrogen (secondary N) is 1. The molecule has 0 saturated heterocycles. The van der Waals surface area contributed by atoms with E-state index in [-0.39, 0.29) is 16.3 Å². The Morgan fingerprint density at radius 1 is 1.36 bits per heavy atom. The van der Waals surface area contributed by atoms with Crippen LogP contribution in [0.3, 0.4) is 0 Å². The second-order valence-electron chi connectivity index (χ2n) is 7.17. The van der Waals surface area contributed by atoms with E-state index in [0.717, 1.165) is 21.9 Å². The number of aromatic nitrogens is 2. The monoisotopic (exact) mass is 381 g/mol. The van der Waals surface area contributed by atoms with Gasteiger partial charge in [0.25, 0.3) is 5.56 Å². The zero-order valence-corrected chi connectivity index (χ0v) is 17.6. The summed E-state index contributed by atoms with van der Waals surface area (Å²) in [6, 6.07) is 1.82. The Kier molecular flexibility index (Phi) is 6.12. The molecule has 2 aromatic rings. The van der Waals surface area contributed by atoms with E-state index in [1.807, 2.05) is 60.7 Å². The standard InChI is InChI=1S/C18H27N3O2S2/c1-8-24-16-12(3)17(22)21-10-11(2)9-14(15(21)19-16)13(4)20-25(23)18(5,6)7/h9-10,13,20H,8H2,1-7H3/t13-,25-/m1/s1. The van der Waals surface area contributed by atoms with Gasteiger partial charge in [0, 0.05) is 23.4 Å². The highest BCUT2D eigenvalue weighted by Crippen LogP contribution is 2.24. The minimum Gasteiger partial charge on any atom is -0.269 e. The average Bonchev–Trinajstić information content (AvgIpc) is 2.51. The molecule has 2 heterocycles. The van der Waals surface area contributed by atoms with E-state index >= 15 is 0 Å². The summed E-state index contributed by atoms with van der Waals surface area (Å²) in [5.41, 5.74) is 3.10. The summed E-state index contributed by atoms with van der Waals surface area (Å²) in [4.78, 5) is 17.5. The molecule has 0 aliphatic rings. The average molecular weight is 382 g/mol. The molecule has 0 spiro atoms. The van der Waals surface area contributed by atoms with Crippen molar-refractivity contribution in [1.29, 1.82) is 0 Å². The van der Waals surface area contributed by atoms with Crippen LogP contribution in [0.15, 0.2) is 22.1 Å². The normalized spacial score (nSPS) is 14.7. The maximum atomic E-state index is 12.8. The molecule has 2 rings (SSSR count). The lowest BCUT2D eigenvalue weighted by Gasteiger charge is -2.23. The van der Waals surface area contributed by atoms with Crippen molar-refractivity contribution in [1.82, 2.24) is 14.1 Å². The number of fused-ring (bicyclic) bond motifs is 1. The second kappa shape index (κ2) is 7.60. The van der Waals surface area contributed by atoms with Crippen LogP contribution < -0.4 is 10.3 Å². The predicted octanol–water partition coefficient (Wildman–Crippen LogP) is 3.54. The van der Waals surface area contributed by atoms with Gasteiger partial charge in [-0.1, -0.05) is 6.92 Å². The third-order valence-corrected chi connectivity index (χ3v) is 6.50. The van der Waals surface area contributed by atoms with Gasteiger partial charge in [-0.25, -0.2) is 13.9 Å². The summed E-state index contributed by atoms with van der Waals surface area (Å²) >= 11 is 1.57. The maximum Gasteiger partial charge on any atom is 0.261 e. The Bertz CT molecular complexity index is 869. The van der Waals surface area contributed by atoms with E-state index in [0.29, 0.717) is 11.2 Å². The lowest BCUT2D eigenvalue weighted by atomic mass is 10.1. The number of thioether (sulfide) groups is 1. The highest BCUT2D eigenvalue weighted by molar-refractivity contribution is 7.99. The molecule has 2 aromatic heterocycles. The molecular formula is C18H27N3O2S2. The van der Waals surface area contributed by atoms with Crippen molar-refractivity contribution in [2.75, 3.05) is 5.75 Å². The van der Waals surface area contributed by atoms with Gasteiger partial charge in [-0.15, -0.1) is 11.8 Å². The van der Waals surface area contributed by atoms with Crippen molar-refractivity contribution in [2.24, 2.45) is 0 Å². The predicted molar refractivity (Wildman–Crippen MR) is 107 cm³/mol. The van der Waals surface area contributed by atoms with Gasteiger partial charge in [0.05, 0.1) is 15.7 Å². The topological polar surface area (TPSA) is 63.5 Å². The molecule has 0 aromatic carbocycles. The molecular weight excluding hydrogens is 354 g/mol. The fourth-order valence-electron chi connectivity index (χ4n) is 2.47. The summed E-state index contributed by atoms with van der Waals surface area (Å²) < 4.78 is 16.9. The molecule has 0 unspecified atom stereocenters. The number of rotatable bonds is 5. The third kappa shape index (κ3) is 4.33. The van der Waals surface area contributed by atoms with E-state index in [4.69, 9.17) is 4.98 Å². The molecule has 0 bridgehead atoms. The van der Waals surface area contributed by atoms with E-state index in [9.17, 15) is 9.00 Å². The Hall–Kier alpha value is -1.18. The van der Waals surface area contributed by atoms with Crippen LogP contribution in [0, 0.1) is 13.8 Å². The molecule has 7 heteroatoms. The molecule has 25 heavy (non-hydrogen) atoms. The fraction of sp³-hybridized carbons (Fsp3) is 0.556. The van der Waals surface area contributed by atoms with Crippen LogP contribution in [-0.2, 0) is 11.0 Å². The van der Waals surface area contributed by atoms with Crippen molar-refractivity contribution in [3.63, 3.8) is 0 Å². The van der Waals surface area contributed by atoms with Gasteiger partial charge < -0.3 is 0 Å². The highest BCUT2D eigenvalue weighted by Gasteiger charge is 2.23. The molecule has 0 amide bonds. The third-order valence-electron chi connectivity index (χ3n) is 3.86. The first kappa shape index (κ1) is 20.1. The molecule has 1 N–H and O–H groups in total. The molecule has 0 fully saturated rings. The minimum atomic E-state index is -1.21. The van der Waals surface area contributed by atoms with Crippen molar-refractivity contribution in [2.45, 2.75) is 64.3 Å². The summed E-state index contributed by atoms with van der Waals surface area (Å²) in [5.74, 6) is 0.854. The highest BCUT2D eigenvalue weighted by atomic mass is 32.2. The van der Waals surface area contributed by atoms with Gasteiger partial charge in [0.2, 0.25) is 0 Å². The quantitative estimate of drug-likeness (QED) is 0.636. The summed E-state index contributed by atoms with van der Waals surface area (Å²) in [7, 11) is -1.21. The summed E-state index contributed by atoms with van der Waals surface area (Å²) in [5, 5.41) is 0.766. The van der Waals surface area contributed by atoms with Crippen LogP contribution in [0.4, 0.5) is 0 Å². The van der Waals surface area contributed by atoms with Gasteiger partial charge in [-0.3, -0.25) is 9.20 Å². The fourth-order valence-corrected chi connectivity index (χ4v) is 4.00. The van der Waals surface area contributed by atoms with E-state index < -0.39 is 11.0 Å². The first-order chi connectivity index (χ1) is 11.6. The number of hydrogen-bond acceptors (Lipinski definition) is 4. The molecule has 0 aliphatic carbocycles. The summed E-state index contributed by atoms with van der Waals surface area (Å²) in [6.45, 7) is 13.6. The number of pyridine rings is 1. The van der Waals surface area contributed by atoms with Gasteiger partial charge in [0.1, 0.15) is 10.7 Å². The van der Waals surface area contributed by atoms with Crippen LogP contribution in [0.1, 0.15) is 57.4 Å². The van der Waals surface area contributed by atoms with Crippen molar-refractivity contribution in [3.05, 3.63) is 39.3 Å². The molecule has 0 radical (unpaired) electrons. The van der Waals surface area contributed by atoms with E-state index in [1.165, 1.54) is 0 Å². The van der Waals surface area contributed by atoms with Gasteiger partial charge >= 0.3 is 0 Å². The molecule has 138 valence electrons. The zero-order valence-electron chi connectivity index (χ0n) is 16.0. The van der Waals surface area contributed by atoms with Crippen LogP contribution in [0.25, 0.3) is 5.65 Å². The smallest absolute Gasteiger partial charge is 0.261 e. The lowest BCUT2D eigenvalue weighted by Crippen LogP contribution is -2.35. The van der Waals surface area contributed by atoms with Crippen LogP contribution in [-0.4, -0.2) is 24.1 Å². The number of hydrogen-bond donors (Lipinski definition) is 1. The molecule has 0 aliphatic heterocycles. The van der Waals surface area contributed by atoms with E-state index in [1.54, 1.807) is 16.2 Å². The molecule has 2 atom stereocenters. The Morgan fingerprint density at radius 3 is 2.56 bits per heavy atom. The second-order valence-corrected chi connectivity index (χ2v) is 10.4.